The second kappa shape index (κ2) is 9.03. The average molecular weight is 394 g/mol. The lowest BCUT2D eigenvalue weighted by molar-refractivity contribution is 0.373. The standard InChI is InChI=1S/C22H27FN6/c1-28(15-18-9-5-10-19(13-18)29-12-6-11-27-29)22-20(23)21(25-16-26-22)24-14-17-7-3-2-4-8-17/h5-6,9-13,16-17H,2-4,7-8,14-15H2,1H3,(H,24,25,26). The Kier molecular flexibility index (Phi) is 6.03. The van der Waals surface area contributed by atoms with Crippen LogP contribution >= 0.6 is 0 Å². The van der Waals surface area contributed by atoms with Crippen LogP contribution in [0.5, 0.6) is 0 Å². The number of hydrogen-bond donors (Lipinski definition) is 1. The van der Waals surface area contributed by atoms with E-state index in [1.54, 1.807) is 6.20 Å². The first-order chi connectivity index (χ1) is 14.2. The van der Waals surface area contributed by atoms with E-state index in [0.29, 0.717) is 18.3 Å². The Hall–Kier alpha value is -2.96. The summed E-state index contributed by atoms with van der Waals surface area (Å²) < 4.78 is 16.8. The summed E-state index contributed by atoms with van der Waals surface area (Å²) in [7, 11) is 1.84. The van der Waals surface area contributed by atoms with Crippen LogP contribution in [0.3, 0.4) is 0 Å². The molecule has 0 unspecified atom stereocenters. The number of anilines is 2. The van der Waals surface area contributed by atoms with Crippen LogP contribution in [-0.2, 0) is 6.54 Å². The zero-order valence-corrected chi connectivity index (χ0v) is 16.8. The smallest absolute Gasteiger partial charge is 0.207 e. The number of rotatable bonds is 7. The number of nitrogens with zero attached hydrogens (tertiary/aromatic N) is 5. The third kappa shape index (κ3) is 4.72. The van der Waals surface area contributed by atoms with Crippen LogP contribution in [0, 0.1) is 11.7 Å². The highest BCUT2D eigenvalue weighted by Gasteiger charge is 2.18. The van der Waals surface area contributed by atoms with Gasteiger partial charge in [-0.15, -0.1) is 0 Å². The molecular weight excluding hydrogens is 367 g/mol. The molecule has 1 fully saturated rings. The molecule has 1 aliphatic rings. The first-order valence-electron chi connectivity index (χ1n) is 10.2. The lowest BCUT2D eigenvalue weighted by Crippen LogP contribution is -2.22. The summed E-state index contributed by atoms with van der Waals surface area (Å²) in [5, 5.41) is 7.47. The molecule has 29 heavy (non-hydrogen) atoms. The maximum absolute atomic E-state index is 15.0. The molecular formula is C22H27FN6. The summed E-state index contributed by atoms with van der Waals surface area (Å²) in [4.78, 5) is 10.1. The maximum Gasteiger partial charge on any atom is 0.207 e. The van der Waals surface area contributed by atoms with E-state index < -0.39 is 5.82 Å². The predicted octanol–water partition coefficient (Wildman–Crippen LogP) is 4.43. The molecule has 1 N–H and O–H groups in total. The van der Waals surface area contributed by atoms with Gasteiger partial charge in [-0.2, -0.15) is 9.49 Å². The molecule has 152 valence electrons. The molecule has 1 saturated carbocycles. The normalized spacial score (nSPS) is 14.7. The molecule has 1 aromatic carbocycles. The first kappa shape index (κ1) is 19.4. The van der Waals surface area contributed by atoms with Crippen molar-refractivity contribution in [1.29, 1.82) is 0 Å². The van der Waals surface area contributed by atoms with Gasteiger partial charge in [0.1, 0.15) is 6.33 Å². The molecule has 0 amide bonds. The van der Waals surface area contributed by atoms with E-state index in [4.69, 9.17) is 0 Å². The lowest BCUT2D eigenvalue weighted by atomic mass is 9.89. The molecule has 6 nitrogen and oxygen atoms in total. The summed E-state index contributed by atoms with van der Waals surface area (Å²) in [6.45, 7) is 1.30. The Balaban J connectivity index is 1.44. The summed E-state index contributed by atoms with van der Waals surface area (Å²) in [6.07, 6.45) is 11.3. The Morgan fingerprint density at radius 3 is 2.83 bits per heavy atom. The van der Waals surface area contributed by atoms with Gasteiger partial charge in [0.15, 0.2) is 11.6 Å². The van der Waals surface area contributed by atoms with Crippen molar-refractivity contribution in [3.8, 4) is 5.69 Å². The average Bonchev–Trinajstić information content (AvgIpc) is 3.29. The van der Waals surface area contributed by atoms with E-state index in [1.165, 1.54) is 38.4 Å². The van der Waals surface area contributed by atoms with Crippen molar-refractivity contribution in [2.24, 2.45) is 5.92 Å². The van der Waals surface area contributed by atoms with Crippen LogP contribution in [0.25, 0.3) is 5.69 Å². The van der Waals surface area contributed by atoms with E-state index in [-0.39, 0.29) is 5.82 Å². The predicted molar refractivity (Wildman–Crippen MR) is 113 cm³/mol. The molecule has 0 atom stereocenters. The van der Waals surface area contributed by atoms with Gasteiger partial charge in [0, 0.05) is 32.5 Å². The third-order valence-electron chi connectivity index (χ3n) is 5.51. The van der Waals surface area contributed by atoms with Gasteiger partial charge >= 0.3 is 0 Å². The zero-order chi connectivity index (χ0) is 20.1. The van der Waals surface area contributed by atoms with E-state index in [2.05, 4.69) is 20.4 Å². The molecule has 0 bridgehead atoms. The van der Waals surface area contributed by atoms with E-state index in [0.717, 1.165) is 17.8 Å². The Labute approximate surface area is 170 Å². The van der Waals surface area contributed by atoms with E-state index in [9.17, 15) is 0 Å². The second-order valence-electron chi connectivity index (χ2n) is 7.72. The van der Waals surface area contributed by atoms with Crippen molar-refractivity contribution in [2.75, 3.05) is 23.8 Å². The fraction of sp³-hybridized carbons (Fsp3) is 0.409. The van der Waals surface area contributed by atoms with Gasteiger partial charge < -0.3 is 10.2 Å². The van der Waals surface area contributed by atoms with Crippen LogP contribution in [-0.4, -0.2) is 33.3 Å². The fourth-order valence-electron chi connectivity index (χ4n) is 3.95. The van der Waals surface area contributed by atoms with Crippen LogP contribution in [0.1, 0.15) is 37.7 Å². The third-order valence-corrected chi connectivity index (χ3v) is 5.51. The molecule has 7 heteroatoms. The van der Waals surface area contributed by atoms with Crippen molar-refractivity contribution in [2.45, 2.75) is 38.6 Å². The summed E-state index contributed by atoms with van der Waals surface area (Å²) >= 11 is 0. The van der Waals surface area contributed by atoms with Crippen LogP contribution < -0.4 is 10.2 Å². The molecule has 2 aromatic heterocycles. The summed E-state index contributed by atoms with van der Waals surface area (Å²) in [5.74, 6) is 0.798. The zero-order valence-electron chi connectivity index (χ0n) is 16.8. The Bertz CT molecular complexity index is 921. The molecule has 3 aromatic rings. The maximum atomic E-state index is 15.0. The van der Waals surface area contributed by atoms with Crippen LogP contribution in [0.2, 0.25) is 0 Å². The van der Waals surface area contributed by atoms with Crippen molar-refractivity contribution >= 4 is 11.6 Å². The van der Waals surface area contributed by atoms with E-state index >= 15 is 4.39 Å². The Morgan fingerprint density at radius 1 is 1.17 bits per heavy atom. The molecule has 2 heterocycles. The SMILES string of the molecule is CN(Cc1cccc(-n2cccn2)c1)c1ncnc(NCC2CCCCC2)c1F. The number of hydrogen-bond acceptors (Lipinski definition) is 5. The highest BCUT2D eigenvalue weighted by molar-refractivity contribution is 5.51. The van der Waals surface area contributed by atoms with Crippen molar-refractivity contribution in [3.63, 3.8) is 0 Å². The van der Waals surface area contributed by atoms with Gasteiger partial charge in [-0.05, 0) is 42.5 Å². The number of nitrogens with one attached hydrogen (secondary N) is 1. The second-order valence-corrected chi connectivity index (χ2v) is 7.72. The Morgan fingerprint density at radius 2 is 2.03 bits per heavy atom. The molecule has 0 spiro atoms. The van der Waals surface area contributed by atoms with Crippen LogP contribution in [0.4, 0.5) is 16.0 Å². The van der Waals surface area contributed by atoms with Crippen molar-refractivity contribution in [1.82, 2.24) is 19.7 Å². The van der Waals surface area contributed by atoms with Crippen molar-refractivity contribution in [3.05, 3.63) is 60.4 Å². The minimum absolute atomic E-state index is 0.290. The molecule has 0 saturated heterocycles. The quantitative estimate of drug-likeness (QED) is 0.642. The van der Waals surface area contributed by atoms with Gasteiger partial charge in [0.05, 0.1) is 5.69 Å². The monoisotopic (exact) mass is 394 g/mol. The number of aromatic nitrogens is 4. The largest absolute Gasteiger partial charge is 0.367 e. The molecule has 4 rings (SSSR count). The number of halogens is 1. The molecule has 0 aliphatic heterocycles. The van der Waals surface area contributed by atoms with Gasteiger partial charge in [-0.25, -0.2) is 14.6 Å². The first-order valence-corrected chi connectivity index (χ1v) is 10.2. The van der Waals surface area contributed by atoms with Crippen LogP contribution in [0.15, 0.2) is 49.1 Å². The summed E-state index contributed by atoms with van der Waals surface area (Å²) in [6, 6.07) is 9.93. The highest BCUT2D eigenvalue weighted by Crippen LogP contribution is 2.26. The minimum atomic E-state index is -0.394. The van der Waals surface area contributed by atoms with Crippen molar-refractivity contribution < 1.29 is 4.39 Å². The number of benzene rings is 1. The van der Waals surface area contributed by atoms with Gasteiger partial charge in [0.2, 0.25) is 5.82 Å². The minimum Gasteiger partial charge on any atom is -0.367 e. The van der Waals surface area contributed by atoms with E-state index in [1.807, 2.05) is 53.2 Å². The topological polar surface area (TPSA) is 58.9 Å². The molecule has 1 aliphatic carbocycles. The fourth-order valence-corrected chi connectivity index (χ4v) is 3.95. The van der Waals surface area contributed by atoms with Gasteiger partial charge in [-0.1, -0.05) is 31.4 Å². The highest BCUT2D eigenvalue weighted by atomic mass is 19.1. The lowest BCUT2D eigenvalue weighted by Gasteiger charge is -2.23. The van der Waals surface area contributed by atoms with Gasteiger partial charge in [0.25, 0.3) is 0 Å². The van der Waals surface area contributed by atoms with Gasteiger partial charge in [-0.3, -0.25) is 0 Å². The molecule has 0 radical (unpaired) electrons. The summed E-state index contributed by atoms with van der Waals surface area (Å²) in [5.41, 5.74) is 2.02.